The predicted molar refractivity (Wildman–Crippen MR) is 96.1 cm³/mol. The number of aryl methyl sites for hydroxylation is 2. The highest BCUT2D eigenvalue weighted by Crippen LogP contribution is 2.21. The van der Waals surface area contributed by atoms with E-state index < -0.39 is 9.84 Å². The largest absolute Gasteiger partial charge is 0.339 e. The monoisotopic (exact) mass is 396 g/mol. The highest BCUT2D eigenvalue weighted by atomic mass is 32.2. The third kappa shape index (κ3) is 4.94. The molecular formula is C15H20N6O3S2. The Balaban J connectivity index is 1.52. The molecule has 3 aromatic rings. The molecule has 3 aromatic heterocycles. The second-order valence-electron chi connectivity index (χ2n) is 5.86. The van der Waals surface area contributed by atoms with Crippen LogP contribution in [-0.2, 0) is 28.6 Å². The van der Waals surface area contributed by atoms with E-state index in [0.717, 1.165) is 17.7 Å². The molecule has 0 bridgehead atoms. The Labute approximate surface area is 155 Å². The van der Waals surface area contributed by atoms with Crippen molar-refractivity contribution in [2.75, 3.05) is 5.75 Å². The molecule has 0 N–H and O–H groups in total. The summed E-state index contributed by atoms with van der Waals surface area (Å²) in [5, 5.41) is 17.1. The van der Waals surface area contributed by atoms with Crippen LogP contribution < -0.4 is 0 Å². The summed E-state index contributed by atoms with van der Waals surface area (Å²) in [5.74, 6) is 1.22. The highest BCUT2D eigenvalue weighted by Gasteiger charge is 2.18. The van der Waals surface area contributed by atoms with Gasteiger partial charge in [-0.1, -0.05) is 24.6 Å². The molecule has 0 unspecified atom stereocenters. The summed E-state index contributed by atoms with van der Waals surface area (Å²) < 4.78 is 31.4. The van der Waals surface area contributed by atoms with Gasteiger partial charge in [0.15, 0.2) is 15.7 Å². The lowest BCUT2D eigenvalue weighted by molar-refractivity contribution is 0.378. The van der Waals surface area contributed by atoms with Crippen molar-refractivity contribution in [3.63, 3.8) is 0 Å². The van der Waals surface area contributed by atoms with Gasteiger partial charge in [-0.2, -0.15) is 4.98 Å². The van der Waals surface area contributed by atoms with Gasteiger partial charge in [-0.3, -0.25) is 0 Å². The van der Waals surface area contributed by atoms with Crippen molar-refractivity contribution in [2.24, 2.45) is 0 Å². The summed E-state index contributed by atoms with van der Waals surface area (Å²) in [6.07, 6.45) is 2.72. The molecule has 140 valence electrons. The Hall–Kier alpha value is -2.14. The Bertz CT molecular complexity index is 917. The minimum absolute atomic E-state index is 0.0182. The Morgan fingerprint density at radius 2 is 2.19 bits per heavy atom. The van der Waals surface area contributed by atoms with Crippen LogP contribution in [0.5, 0.6) is 0 Å². The molecule has 0 atom stereocenters. The molecule has 0 saturated carbocycles. The van der Waals surface area contributed by atoms with Gasteiger partial charge in [-0.05, 0) is 34.7 Å². The fourth-order valence-electron chi connectivity index (χ4n) is 2.38. The van der Waals surface area contributed by atoms with Crippen molar-refractivity contribution in [2.45, 2.75) is 44.9 Å². The maximum Gasteiger partial charge on any atom is 0.227 e. The average Bonchev–Trinajstić information content (AvgIpc) is 3.34. The molecular weight excluding hydrogens is 376 g/mol. The number of hydrogen-bond acceptors (Lipinski definition) is 9. The van der Waals surface area contributed by atoms with E-state index in [0.29, 0.717) is 36.9 Å². The first-order valence-electron chi connectivity index (χ1n) is 8.39. The third-order valence-electron chi connectivity index (χ3n) is 3.73. The zero-order valence-electron chi connectivity index (χ0n) is 14.4. The lowest BCUT2D eigenvalue weighted by Crippen LogP contribution is -2.15. The lowest BCUT2D eigenvalue weighted by Gasteiger charge is -2.04. The summed E-state index contributed by atoms with van der Waals surface area (Å²) >= 11 is 1.52. The molecule has 11 heteroatoms. The van der Waals surface area contributed by atoms with Crippen LogP contribution in [0.1, 0.15) is 37.9 Å². The van der Waals surface area contributed by atoms with Gasteiger partial charge in [0.25, 0.3) is 0 Å². The van der Waals surface area contributed by atoms with Crippen molar-refractivity contribution < 1.29 is 12.9 Å². The molecule has 0 amide bonds. The second kappa shape index (κ2) is 8.49. The predicted octanol–water partition coefficient (Wildman–Crippen LogP) is 2.13. The SMILES string of the molecule is CCCCn1nnnc1CS(=O)(=O)CCCc1nc(-c2cccs2)no1. The smallest absolute Gasteiger partial charge is 0.227 e. The molecule has 0 aliphatic rings. The summed E-state index contributed by atoms with van der Waals surface area (Å²) in [4.78, 5) is 5.22. The van der Waals surface area contributed by atoms with Gasteiger partial charge in [-0.25, -0.2) is 13.1 Å². The number of unbranched alkanes of at least 4 members (excludes halogenated alkanes) is 1. The van der Waals surface area contributed by atoms with Gasteiger partial charge in [0.05, 0.1) is 10.6 Å². The van der Waals surface area contributed by atoms with Gasteiger partial charge in [0.2, 0.25) is 11.7 Å². The number of rotatable bonds is 10. The van der Waals surface area contributed by atoms with E-state index in [1.807, 2.05) is 17.5 Å². The van der Waals surface area contributed by atoms with Crippen molar-refractivity contribution in [3.8, 4) is 10.7 Å². The van der Waals surface area contributed by atoms with Crippen LogP contribution in [0.4, 0.5) is 0 Å². The third-order valence-corrected chi connectivity index (χ3v) is 6.21. The van der Waals surface area contributed by atoms with E-state index in [-0.39, 0.29) is 11.5 Å². The van der Waals surface area contributed by atoms with Gasteiger partial charge in [0.1, 0.15) is 5.75 Å². The number of nitrogens with zero attached hydrogens (tertiary/aromatic N) is 6. The number of tetrazole rings is 1. The molecule has 0 aliphatic carbocycles. The number of aromatic nitrogens is 6. The first-order valence-corrected chi connectivity index (χ1v) is 11.1. The first kappa shape index (κ1) is 18.6. The fourth-order valence-corrected chi connectivity index (χ4v) is 4.36. The van der Waals surface area contributed by atoms with Gasteiger partial charge >= 0.3 is 0 Å². The molecule has 0 saturated heterocycles. The van der Waals surface area contributed by atoms with E-state index >= 15 is 0 Å². The van der Waals surface area contributed by atoms with E-state index in [9.17, 15) is 8.42 Å². The molecule has 0 aliphatic heterocycles. The van der Waals surface area contributed by atoms with Gasteiger partial charge < -0.3 is 4.52 Å². The quantitative estimate of drug-likeness (QED) is 0.511. The number of thiophene rings is 1. The summed E-state index contributed by atoms with van der Waals surface area (Å²) in [6.45, 7) is 2.68. The molecule has 3 rings (SSSR count). The first-order chi connectivity index (χ1) is 12.6. The molecule has 0 spiro atoms. The molecule has 3 heterocycles. The maximum absolute atomic E-state index is 12.3. The van der Waals surface area contributed by atoms with Crippen LogP contribution >= 0.6 is 11.3 Å². The van der Waals surface area contributed by atoms with E-state index in [4.69, 9.17) is 4.52 Å². The van der Waals surface area contributed by atoms with Crippen LogP contribution in [0.2, 0.25) is 0 Å². The molecule has 0 aromatic carbocycles. The van der Waals surface area contributed by atoms with Gasteiger partial charge in [-0.15, -0.1) is 16.4 Å². The van der Waals surface area contributed by atoms with Crippen molar-refractivity contribution in [3.05, 3.63) is 29.2 Å². The van der Waals surface area contributed by atoms with Crippen LogP contribution in [0.25, 0.3) is 10.7 Å². The Morgan fingerprint density at radius 1 is 1.31 bits per heavy atom. The standard InChI is InChI=1S/C15H20N6O3S2/c1-2-3-8-21-13(17-19-20-21)11-26(22,23)10-5-7-14-16-15(18-24-14)12-6-4-9-25-12/h4,6,9H,2-3,5,7-8,10-11H2,1H3. The van der Waals surface area contributed by atoms with Crippen LogP contribution in [0.3, 0.4) is 0 Å². The molecule has 0 fully saturated rings. The van der Waals surface area contributed by atoms with Crippen LogP contribution in [0, 0.1) is 0 Å². The van der Waals surface area contributed by atoms with E-state index in [1.54, 1.807) is 4.68 Å². The van der Waals surface area contributed by atoms with E-state index in [1.165, 1.54) is 11.3 Å². The topological polar surface area (TPSA) is 117 Å². The minimum atomic E-state index is -3.31. The molecule has 9 nitrogen and oxygen atoms in total. The number of hydrogen-bond donors (Lipinski definition) is 0. The minimum Gasteiger partial charge on any atom is -0.339 e. The second-order valence-corrected chi connectivity index (χ2v) is 8.99. The van der Waals surface area contributed by atoms with Crippen molar-refractivity contribution >= 4 is 21.2 Å². The van der Waals surface area contributed by atoms with Crippen LogP contribution in [-0.4, -0.2) is 44.5 Å². The van der Waals surface area contributed by atoms with Crippen molar-refractivity contribution in [1.82, 2.24) is 30.3 Å². The number of sulfone groups is 1. The maximum atomic E-state index is 12.3. The zero-order valence-corrected chi connectivity index (χ0v) is 16.0. The normalized spacial score (nSPS) is 11.9. The highest BCUT2D eigenvalue weighted by molar-refractivity contribution is 7.90. The lowest BCUT2D eigenvalue weighted by atomic mass is 10.3. The zero-order chi connectivity index (χ0) is 18.4. The van der Waals surface area contributed by atoms with Crippen LogP contribution in [0.15, 0.2) is 22.0 Å². The average molecular weight is 396 g/mol. The van der Waals surface area contributed by atoms with E-state index in [2.05, 4.69) is 32.6 Å². The van der Waals surface area contributed by atoms with Crippen molar-refractivity contribution in [1.29, 1.82) is 0 Å². The summed E-state index contributed by atoms with van der Waals surface area (Å²) in [6, 6.07) is 3.82. The Kier molecular flexibility index (Phi) is 6.09. The summed E-state index contributed by atoms with van der Waals surface area (Å²) in [7, 11) is -3.31. The molecule has 0 radical (unpaired) electrons. The fraction of sp³-hybridized carbons (Fsp3) is 0.533. The Morgan fingerprint density at radius 3 is 2.96 bits per heavy atom. The van der Waals surface area contributed by atoms with Gasteiger partial charge in [0, 0.05) is 13.0 Å². The molecule has 26 heavy (non-hydrogen) atoms. The summed E-state index contributed by atoms with van der Waals surface area (Å²) in [5.41, 5.74) is 0.